The number of nitrogens with one attached hydrogen (secondary N) is 1. The number of nitrogens with zero attached hydrogens (tertiary/aromatic N) is 2. The minimum Gasteiger partial charge on any atom is -0.448 e. The highest BCUT2D eigenvalue weighted by Crippen LogP contribution is 2.23. The number of benzene rings is 1. The molecule has 0 aliphatic rings. The number of hydrogen-bond acceptors (Lipinski definition) is 4. The summed E-state index contributed by atoms with van der Waals surface area (Å²) in [5.74, 6) is -0.203. The maximum absolute atomic E-state index is 12.5. The molecule has 1 atom stereocenters. The lowest BCUT2D eigenvalue weighted by Crippen LogP contribution is -2.37. The fourth-order valence-corrected chi connectivity index (χ4v) is 2.71. The van der Waals surface area contributed by atoms with Crippen LogP contribution in [0.2, 0.25) is 0 Å². The standard InChI is InChI=1S/C17H19N3O3/c1-3-6-11(2)19-14(21)9-20-10-18-15-12-7-4-5-8-13(12)23-16(15)17(20)22/h4-5,7-8,10-11H,3,6,9H2,1-2H3,(H,19,21)/t11-/m1/s1. The van der Waals surface area contributed by atoms with Crippen LogP contribution >= 0.6 is 0 Å². The number of aromatic nitrogens is 2. The van der Waals surface area contributed by atoms with E-state index in [0.29, 0.717) is 11.1 Å². The summed E-state index contributed by atoms with van der Waals surface area (Å²) in [6.45, 7) is 3.95. The minimum atomic E-state index is -0.343. The second-order valence-electron chi connectivity index (χ2n) is 5.71. The van der Waals surface area contributed by atoms with Crippen molar-refractivity contribution >= 4 is 28.0 Å². The van der Waals surface area contributed by atoms with Gasteiger partial charge in [0.2, 0.25) is 11.5 Å². The van der Waals surface area contributed by atoms with Crippen LogP contribution in [0.1, 0.15) is 26.7 Å². The molecule has 0 radical (unpaired) electrons. The highest BCUT2D eigenvalue weighted by molar-refractivity contribution is 6.01. The van der Waals surface area contributed by atoms with Gasteiger partial charge >= 0.3 is 0 Å². The van der Waals surface area contributed by atoms with Crippen LogP contribution in [0.15, 0.2) is 39.8 Å². The lowest BCUT2D eigenvalue weighted by Gasteiger charge is -2.13. The van der Waals surface area contributed by atoms with Gasteiger partial charge in [-0.2, -0.15) is 0 Å². The Labute approximate surface area is 133 Å². The Bertz CT molecular complexity index is 910. The summed E-state index contributed by atoms with van der Waals surface area (Å²) in [4.78, 5) is 28.8. The molecule has 1 N–H and O–H groups in total. The average molecular weight is 313 g/mol. The Morgan fingerprint density at radius 2 is 2.17 bits per heavy atom. The van der Waals surface area contributed by atoms with Gasteiger partial charge in [0.15, 0.2) is 0 Å². The summed E-state index contributed by atoms with van der Waals surface area (Å²) in [6, 6.07) is 7.45. The molecule has 120 valence electrons. The molecular weight excluding hydrogens is 294 g/mol. The Balaban J connectivity index is 1.90. The zero-order valence-corrected chi connectivity index (χ0v) is 13.2. The first kappa shape index (κ1) is 15.3. The Morgan fingerprint density at radius 3 is 2.96 bits per heavy atom. The Morgan fingerprint density at radius 1 is 1.39 bits per heavy atom. The van der Waals surface area contributed by atoms with E-state index in [1.165, 1.54) is 10.9 Å². The number of amides is 1. The molecule has 0 saturated carbocycles. The second-order valence-corrected chi connectivity index (χ2v) is 5.71. The molecule has 0 saturated heterocycles. The molecule has 6 nitrogen and oxygen atoms in total. The fraction of sp³-hybridized carbons (Fsp3) is 0.353. The molecule has 23 heavy (non-hydrogen) atoms. The molecule has 0 fully saturated rings. The predicted molar refractivity (Wildman–Crippen MR) is 88.3 cm³/mol. The molecular formula is C17H19N3O3. The van der Waals surface area contributed by atoms with Crippen molar-refractivity contribution in [1.29, 1.82) is 0 Å². The van der Waals surface area contributed by atoms with Crippen LogP contribution in [0.25, 0.3) is 22.1 Å². The largest absolute Gasteiger partial charge is 0.448 e. The van der Waals surface area contributed by atoms with Gasteiger partial charge in [-0.15, -0.1) is 0 Å². The van der Waals surface area contributed by atoms with E-state index in [1.807, 2.05) is 25.1 Å². The first-order valence-corrected chi connectivity index (χ1v) is 7.76. The zero-order chi connectivity index (χ0) is 16.4. The predicted octanol–water partition coefficient (Wildman–Crippen LogP) is 2.45. The van der Waals surface area contributed by atoms with Gasteiger partial charge < -0.3 is 9.73 Å². The number of para-hydroxylation sites is 1. The minimum absolute atomic E-state index is 0.0626. The van der Waals surface area contributed by atoms with Crippen LogP contribution in [0.5, 0.6) is 0 Å². The molecule has 0 unspecified atom stereocenters. The fourth-order valence-electron chi connectivity index (χ4n) is 2.71. The molecule has 2 heterocycles. The summed E-state index contributed by atoms with van der Waals surface area (Å²) in [5.41, 5.74) is 0.986. The lowest BCUT2D eigenvalue weighted by molar-refractivity contribution is -0.122. The van der Waals surface area contributed by atoms with Crippen molar-refractivity contribution in [2.45, 2.75) is 39.3 Å². The van der Waals surface area contributed by atoms with Crippen LogP contribution in [0.4, 0.5) is 0 Å². The van der Waals surface area contributed by atoms with E-state index in [4.69, 9.17) is 4.42 Å². The van der Waals surface area contributed by atoms with Gasteiger partial charge in [-0.25, -0.2) is 4.98 Å². The lowest BCUT2D eigenvalue weighted by atomic mass is 10.2. The SMILES string of the molecule is CCC[C@@H](C)NC(=O)Cn1cnc2c(oc3ccccc32)c1=O. The molecule has 0 aliphatic carbocycles. The van der Waals surface area contributed by atoms with Crippen molar-refractivity contribution < 1.29 is 9.21 Å². The van der Waals surface area contributed by atoms with Gasteiger partial charge in [-0.05, 0) is 25.5 Å². The van der Waals surface area contributed by atoms with E-state index in [1.54, 1.807) is 6.07 Å². The molecule has 3 aromatic rings. The normalized spacial score (nSPS) is 12.6. The maximum atomic E-state index is 12.5. The van der Waals surface area contributed by atoms with Gasteiger partial charge in [0.05, 0.1) is 6.33 Å². The summed E-state index contributed by atoms with van der Waals surface area (Å²) >= 11 is 0. The van der Waals surface area contributed by atoms with Crippen molar-refractivity contribution in [3.05, 3.63) is 40.9 Å². The number of carbonyl (C=O) groups is 1. The number of hydrogen-bond donors (Lipinski definition) is 1. The van der Waals surface area contributed by atoms with Crippen LogP contribution in [-0.4, -0.2) is 21.5 Å². The Hall–Kier alpha value is -2.63. The van der Waals surface area contributed by atoms with E-state index < -0.39 is 0 Å². The molecule has 2 aromatic heterocycles. The van der Waals surface area contributed by atoms with Crippen LogP contribution in [0, 0.1) is 0 Å². The van der Waals surface area contributed by atoms with Gasteiger partial charge in [-0.1, -0.05) is 25.5 Å². The quantitative estimate of drug-likeness (QED) is 0.785. The number of furan rings is 1. The van der Waals surface area contributed by atoms with Crippen molar-refractivity contribution in [2.75, 3.05) is 0 Å². The van der Waals surface area contributed by atoms with E-state index in [2.05, 4.69) is 17.2 Å². The smallest absolute Gasteiger partial charge is 0.297 e. The zero-order valence-electron chi connectivity index (χ0n) is 13.2. The Kier molecular flexibility index (Phi) is 4.14. The number of fused-ring (bicyclic) bond motifs is 3. The van der Waals surface area contributed by atoms with E-state index >= 15 is 0 Å². The third kappa shape index (κ3) is 2.97. The van der Waals surface area contributed by atoms with Crippen LogP contribution < -0.4 is 10.9 Å². The molecule has 0 bridgehead atoms. The number of rotatable bonds is 5. The molecule has 6 heteroatoms. The summed E-state index contributed by atoms with van der Waals surface area (Å²) < 4.78 is 6.87. The molecule has 0 spiro atoms. The average Bonchev–Trinajstić information content (AvgIpc) is 2.90. The van der Waals surface area contributed by atoms with Gasteiger partial charge in [-0.3, -0.25) is 14.2 Å². The monoisotopic (exact) mass is 313 g/mol. The third-order valence-electron chi connectivity index (χ3n) is 3.79. The van der Waals surface area contributed by atoms with E-state index in [9.17, 15) is 9.59 Å². The van der Waals surface area contributed by atoms with Crippen molar-refractivity contribution in [3.8, 4) is 0 Å². The first-order chi connectivity index (χ1) is 11.1. The number of carbonyl (C=O) groups excluding carboxylic acids is 1. The van der Waals surface area contributed by atoms with Crippen molar-refractivity contribution in [3.63, 3.8) is 0 Å². The van der Waals surface area contributed by atoms with Crippen LogP contribution in [-0.2, 0) is 11.3 Å². The highest BCUT2D eigenvalue weighted by atomic mass is 16.3. The summed E-state index contributed by atoms with van der Waals surface area (Å²) in [7, 11) is 0. The van der Waals surface area contributed by atoms with Gasteiger partial charge in [0.1, 0.15) is 17.6 Å². The first-order valence-electron chi connectivity index (χ1n) is 7.76. The van der Waals surface area contributed by atoms with Crippen molar-refractivity contribution in [2.24, 2.45) is 0 Å². The molecule has 1 aromatic carbocycles. The third-order valence-corrected chi connectivity index (χ3v) is 3.79. The van der Waals surface area contributed by atoms with Crippen molar-refractivity contribution in [1.82, 2.24) is 14.9 Å². The van der Waals surface area contributed by atoms with E-state index in [-0.39, 0.29) is 29.6 Å². The molecule has 0 aliphatic heterocycles. The summed E-state index contributed by atoms with van der Waals surface area (Å²) in [5, 5.41) is 3.67. The second kappa shape index (κ2) is 6.24. The summed E-state index contributed by atoms with van der Waals surface area (Å²) in [6.07, 6.45) is 3.30. The maximum Gasteiger partial charge on any atom is 0.297 e. The van der Waals surface area contributed by atoms with E-state index in [0.717, 1.165) is 18.2 Å². The van der Waals surface area contributed by atoms with Gasteiger partial charge in [0, 0.05) is 11.4 Å². The van der Waals surface area contributed by atoms with Crippen LogP contribution in [0.3, 0.4) is 0 Å². The molecule has 1 amide bonds. The topological polar surface area (TPSA) is 77.1 Å². The molecule has 3 rings (SSSR count). The highest BCUT2D eigenvalue weighted by Gasteiger charge is 2.15. The van der Waals surface area contributed by atoms with Gasteiger partial charge in [0.25, 0.3) is 5.56 Å².